The summed E-state index contributed by atoms with van der Waals surface area (Å²) in [6.07, 6.45) is 6.08. The Morgan fingerprint density at radius 3 is 2.89 bits per heavy atom. The average Bonchev–Trinajstić information content (AvgIpc) is 2.37. The Bertz CT molecular complexity index is 322. The lowest BCUT2D eigenvalue weighted by molar-refractivity contribution is 0.313. The van der Waals surface area contributed by atoms with Crippen LogP contribution >= 0.6 is 27.7 Å². The molecule has 1 aromatic rings. The highest BCUT2D eigenvalue weighted by Crippen LogP contribution is 2.17. The van der Waals surface area contributed by atoms with Crippen LogP contribution in [0, 0.1) is 0 Å². The molecule has 0 unspecified atom stereocenters. The Balaban J connectivity index is 1.92. The van der Waals surface area contributed by atoms with Crippen molar-refractivity contribution in [2.24, 2.45) is 0 Å². The number of benzene rings is 1. The third-order valence-corrected chi connectivity index (χ3v) is 3.74. The van der Waals surface area contributed by atoms with E-state index in [4.69, 9.17) is 4.74 Å². The molecule has 0 aliphatic rings. The molecule has 4 heteroatoms. The SMILES string of the molecule is CSCCCCCNCCOc1cccc(Br)c1. The van der Waals surface area contributed by atoms with Crippen molar-refractivity contribution >= 4 is 27.7 Å². The van der Waals surface area contributed by atoms with Crippen LogP contribution in [0.25, 0.3) is 0 Å². The summed E-state index contributed by atoms with van der Waals surface area (Å²) in [7, 11) is 0. The fraction of sp³-hybridized carbons (Fsp3) is 0.571. The second kappa shape index (κ2) is 10.7. The van der Waals surface area contributed by atoms with Gasteiger partial charge < -0.3 is 10.1 Å². The van der Waals surface area contributed by atoms with E-state index < -0.39 is 0 Å². The molecular formula is C14H22BrNOS. The topological polar surface area (TPSA) is 21.3 Å². The molecule has 1 rings (SSSR count). The van der Waals surface area contributed by atoms with Crippen molar-refractivity contribution in [3.63, 3.8) is 0 Å². The van der Waals surface area contributed by atoms with E-state index in [2.05, 4.69) is 27.5 Å². The quantitative estimate of drug-likeness (QED) is 0.656. The van der Waals surface area contributed by atoms with Gasteiger partial charge in [0.15, 0.2) is 0 Å². The molecule has 0 bridgehead atoms. The summed E-state index contributed by atoms with van der Waals surface area (Å²) in [5.41, 5.74) is 0. The van der Waals surface area contributed by atoms with E-state index in [1.165, 1.54) is 25.0 Å². The minimum absolute atomic E-state index is 0.723. The molecule has 1 N–H and O–H groups in total. The van der Waals surface area contributed by atoms with Crippen LogP contribution in [0.2, 0.25) is 0 Å². The Hall–Kier alpha value is -0.190. The predicted octanol–water partition coefficient (Wildman–Crippen LogP) is 3.95. The van der Waals surface area contributed by atoms with Crippen molar-refractivity contribution in [2.75, 3.05) is 31.7 Å². The molecule has 18 heavy (non-hydrogen) atoms. The standard InChI is InChI=1S/C14H22BrNOS/c1-18-11-4-2-3-8-16-9-10-17-14-7-5-6-13(15)12-14/h5-7,12,16H,2-4,8-11H2,1H3. The van der Waals surface area contributed by atoms with Crippen LogP contribution in [0.3, 0.4) is 0 Å². The lowest BCUT2D eigenvalue weighted by Crippen LogP contribution is -2.22. The van der Waals surface area contributed by atoms with E-state index in [0.29, 0.717) is 0 Å². The highest BCUT2D eigenvalue weighted by molar-refractivity contribution is 9.10. The number of halogens is 1. The zero-order valence-corrected chi connectivity index (χ0v) is 13.4. The monoisotopic (exact) mass is 331 g/mol. The molecule has 0 aromatic heterocycles. The number of hydrogen-bond acceptors (Lipinski definition) is 3. The van der Waals surface area contributed by atoms with E-state index in [1.54, 1.807) is 0 Å². The number of rotatable bonds is 10. The molecule has 1 aromatic carbocycles. The van der Waals surface area contributed by atoms with Gasteiger partial charge in [-0.25, -0.2) is 0 Å². The molecule has 0 spiro atoms. The van der Waals surface area contributed by atoms with E-state index in [0.717, 1.165) is 29.9 Å². The Kier molecular flexibility index (Phi) is 9.44. The molecule has 0 aliphatic heterocycles. The molecule has 0 fully saturated rings. The molecule has 102 valence electrons. The summed E-state index contributed by atoms with van der Waals surface area (Å²) in [5, 5.41) is 3.40. The summed E-state index contributed by atoms with van der Waals surface area (Å²) in [6, 6.07) is 7.95. The van der Waals surface area contributed by atoms with Gasteiger partial charge >= 0.3 is 0 Å². The Labute approximate surface area is 123 Å². The van der Waals surface area contributed by atoms with Crippen LogP contribution in [0.4, 0.5) is 0 Å². The van der Waals surface area contributed by atoms with Crippen LogP contribution in [0.1, 0.15) is 19.3 Å². The fourth-order valence-electron chi connectivity index (χ4n) is 1.60. The van der Waals surface area contributed by atoms with E-state index in [-0.39, 0.29) is 0 Å². The predicted molar refractivity (Wildman–Crippen MR) is 84.7 cm³/mol. The normalized spacial score (nSPS) is 10.6. The van der Waals surface area contributed by atoms with Gasteiger partial charge in [-0.05, 0) is 49.6 Å². The fourth-order valence-corrected chi connectivity index (χ4v) is 2.47. The largest absolute Gasteiger partial charge is 0.492 e. The lowest BCUT2D eigenvalue weighted by Gasteiger charge is -2.07. The average molecular weight is 332 g/mol. The third-order valence-electron chi connectivity index (χ3n) is 2.55. The van der Waals surface area contributed by atoms with Crippen molar-refractivity contribution in [3.8, 4) is 5.75 Å². The van der Waals surface area contributed by atoms with Gasteiger partial charge in [-0.2, -0.15) is 11.8 Å². The lowest BCUT2D eigenvalue weighted by atomic mass is 10.2. The van der Waals surface area contributed by atoms with Gasteiger partial charge in [-0.1, -0.05) is 28.4 Å². The first kappa shape index (κ1) is 15.9. The summed E-state index contributed by atoms with van der Waals surface area (Å²) in [4.78, 5) is 0. The van der Waals surface area contributed by atoms with Gasteiger partial charge in [0.05, 0.1) is 0 Å². The van der Waals surface area contributed by atoms with Crippen LogP contribution < -0.4 is 10.1 Å². The Morgan fingerprint density at radius 1 is 1.22 bits per heavy atom. The van der Waals surface area contributed by atoms with Gasteiger partial charge in [0.2, 0.25) is 0 Å². The van der Waals surface area contributed by atoms with Crippen molar-refractivity contribution < 1.29 is 4.74 Å². The number of hydrogen-bond donors (Lipinski definition) is 1. The van der Waals surface area contributed by atoms with E-state index in [1.807, 2.05) is 36.0 Å². The van der Waals surface area contributed by atoms with Crippen molar-refractivity contribution in [1.29, 1.82) is 0 Å². The second-order valence-electron chi connectivity index (χ2n) is 4.11. The maximum Gasteiger partial charge on any atom is 0.120 e. The van der Waals surface area contributed by atoms with Crippen molar-refractivity contribution in [1.82, 2.24) is 5.32 Å². The minimum atomic E-state index is 0.723. The summed E-state index contributed by atoms with van der Waals surface area (Å²) in [5.74, 6) is 2.21. The van der Waals surface area contributed by atoms with Crippen LogP contribution in [0.15, 0.2) is 28.7 Å². The van der Waals surface area contributed by atoms with E-state index in [9.17, 15) is 0 Å². The highest BCUT2D eigenvalue weighted by Gasteiger charge is 1.94. The maximum absolute atomic E-state index is 5.64. The second-order valence-corrected chi connectivity index (χ2v) is 6.01. The molecular weight excluding hydrogens is 310 g/mol. The number of nitrogens with one attached hydrogen (secondary N) is 1. The van der Waals surface area contributed by atoms with E-state index >= 15 is 0 Å². The first-order valence-electron chi connectivity index (χ1n) is 6.41. The summed E-state index contributed by atoms with van der Waals surface area (Å²) in [6.45, 7) is 2.73. The van der Waals surface area contributed by atoms with Gasteiger partial charge in [0, 0.05) is 11.0 Å². The summed E-state index contributed by atoms with van der Waals surface area (Å²) >= 11 is 5.36. The van der Waals surface area contributed by atoms with Gasteiger partial charge in [-0.15, -0.1) is 0 Å². The number of thioether (sulfide) groups is 1. The first-order valence-corrected chi connectivity index (χ1v) is 8.59. The molecule has 0 amide bonds. The summed E-state index contributed by atoms with van der Waals surface area (Å²) < 4.78 is 6.69. The molecule has 0 heterocycles. The molecule has 0 atom stereocenters. The van der Waals surface area contributed by atoms with Crippen molar-refractivity contribution in [2.45, 2.75) is 19.3 Å². The Morgan fingerprint density at radius 2 is 2.11 bits per heavy atom. The molecule has 2 nitrogen and oxygen atoms in total. The van der Waals surface area contributed by atoms with Crippen molar-refractivity contribution in [3.05, 3.63) is 28.7 Å². The van der Waals surface area contributed by atoms with Gasteiger partial charge in [-0.3, -0.25) is 0 Å². The molecule has 0 saturated heterocycles. The maximum atomic E-state index is 5.64. The zero-order chi connectivity index (χ0) is 13.1. The number of ether oxygens (including phenoxy) is 1. The van der Waals surface area contributed by atoms with Crippen LogP contribution in [-0.2, 0) is 0 Å². The zero-order valence-electron chi connectivity index (χ0n) is 11.0. The van der Waals surface area contributed by atoms with Gasteiger partial charge in [0.1, 0.15) is 12.4 Å². The van der Waals surface area contributed by atoms with Gasteiger partial charge in [0.25, 0.3) is 0 Å². The number of unbranched alkanes of at least 4 members (excludes halogenated alkanes) is 2. The first-order chi connectivity index (χ1) is 8.83. The van der Waals surface area contributed by atoms with Crippen LogP contribution in [-0.4, -0.2) is 31.7 Å². The van der Waals surface area contributed by atoms with Crippen LogP contribution in [0.5, 0.6) is 5.75 Å². The smallest absolute Gasteiger partial charge is 0.120 e. The molecule has 0 radical (unpaired) electrons. The minimum Gasteiger partial charge on any atom is -0.492 e. The molecule has 0 saturated carbocycles. The highest BCUT2D eigenvalue weighted by atomic mass is 79.9. The third kappa shape index (κ3) is 8.01. The molecule has 0 aliphatic carbocycles.